The van der Waals surface area contributed by atoms with E-state index in [4.69, 9.17) is 11.6 Å². The van der Waals surface area contributed by atoms with E-state index in [0.29, 0.717) is 11.4 Å². The first kappa shape index (κ1) is 25.3. The first-order chi connectivity index (χ1) is 16.9. The number of anilines is 1. The molecule has 2 nitrogen and oxygen atoms in total. The molecule has 0 saturated heterocycles. The minimum atomic E-state index is -3.02. The molecule has 1 N–H and O–H groups in total. The van der Waals surface area contributed by atoms with E-state index >= 15 is 0 Å². The van der Waals surface area contributed by atoms with Crippen molar-refractivity contribution < 1.29 is 4.79 Å². The molecule has 35 heavy (non-hydrogen) atoms. The molecule has 176 valence electrons. The maximum absolute atomic E-state index is 12.7. The van der Waals surface area contributed by atoms with Crippen molar-refractivity contribution in [2.45, 2.75) is 25.9 Å². The van der Waals surface area contributed by atoms with Gasteiger partial charge in [-0.3, -0.25) is 0 Å². The summed E-state index contributed by atoms with van der Waals surface area (Å²) in [7, 11) is 4.48. The fourth-order valence-corrected chi connectivity index (χ4v) is 10.7. The predicted octanol–water partition coefficient (Wildman–Crippen LogP) is 3.91. The summed E-state index contributed by atoms with van der Waals surface area (Å²) in [6.45, 7) is -1.01. The molecule has 4 aromatic carbocycles. The zero-order valence-electron chi connectivity index (χ0n) is 20.7. The number of hydrogen-bond acceptors (Lipinski definition) is 1. The van der Waals surface area contributed by atoms with Crippen LogP contribution >= 0.6 is 18.1 Å². The molecule has 0 spiro atoms. The zero-order chi connectivity index (χ0) is 24.9. The second-order valence-corrected chi connectivity index (χ2v) is 15.4. The molecule has 4 rings (SSSR count). The van der Waals surface area contributed by atoms with Gasteiger partial charge in [0, 0.05) is 0 Å². The number of carbonyl (C=O) groups is 1. The number of rotatable bonds is 8. The van der Waals surface area contributed by atoms with Crippen molar-refractivity contribution in [2.75, 3.05) is 5.32 Å². The summed E-state index contributed by atoms with van der Waals surface area (Å²) in [5, 5.41) is 7.78. The molecular weight excluding hydrogens is 466 g/mol. The van der Waals surface area contributed by atoms with Crippen molar-refractivity contribution in [2.24, 2.45) is 0 Å². The van der Waals surface area contributed by atoms with Crippen LogP contribution in [-0.4, -0.2) is 21.3 Å². The van der Waals surface area contributed by atoms with Gasteiger partial charge in [0.15, 0.2) is 0 Å². The van der Waals surface area contributed by atoms with Gasteiger partial charge in [0.1, 0.15) is 0 Å². The van der Waals surface area contributed by atoms with Crippen LogP contribution in [0.4, 0.5) is 5.69 Å². The third-order valence-corrected chi connectivity index (χ3v) is 13.7. The predicted molar refractivity (Wildman–Crippen MR) is 161 cm³/mol. The van der Waals surface area contributed by atoms with Gasteiger partial charge in [0.2, 0.25) is 0 Å². The van der Waals surface area contributed by atoms with Crippen LogP contribution in [0.2, 0.25) is 5.02 Å². The summed E-state index contributed by atoms with van der Waals surface area (Å²) in [6, 6.07) is 36.6. The molecule has 0 aliphatic rings. The van der Waals surface area contributed by atoms with Crippen molar-refractivity contribution in [3.63, 3.8) is 0 Å². The van der Waals surface area contributed by atoms with Crippen molar-refractivity contribution in [3.8, 4) is 0 Å². The van der Waals surface area contributed by atoms with Crippen LogP contribution in [-0.2, 0) is 11.0 Å². The molecule has 0 fully saturated rings. The topological polar surface area (TPSA) is 29.1 Å². The van der Waals surface area contributed by atoms with Gasteiger partial charge in [-0.05, 0) is 0 Å². The SMILES string of the molecule is Bc1cc(CP(B)(c2ccccc2)(c2ccccc2)c2ccccc2)c(NC(=O)CCC)cc1Cl. The van der Waals surface area contributed by atoms with Crippen LogP contribution in [0, 0.1) is 0 Å². The molecular formula is C29H31B2ClNOP. The third kappa shape index (κ3) is 4.83. The van der Waals surface area contributed by atoms with Crippen molar-refractivity contribution in [1.82, 2.24) is 0 Å². The van der Waals surface area contributed by atoms with Crippen LogP contribution < -0.4 is 26.7 Å². The Morgan fingerprint density at radius 2 is 1.29 bits per heavy atom. The van der Waals surface area contributed by atoms with Gasteiger partial charge in [0.25, 0.3) is 0 Å². The molecule has 0 aliphatic carbocycles. The monoisotopic (exact) mass is 497 g/mol. The van der Waals surface area contributed by atoms with Gasteiger partial charge in [-0.2, -0.15) is 0 Å². The normalized spacial score (nSPS) is 12.5. The Morgan fingerprint density at radius 1 is 0.829 bits per heavy atom. The first-order valence-electron chi connectivity index (χ1n) is 12.1. The van der Waals surface area contributed by atoms with E-state index in [0.717, 1.165) is 29.3 Å². The maximum atomic E-state index is 12.7. The number of hydrogen-bond donors (Lipinski definition) is 1. The molecule has 0 unspecified atom stereocenters. The van der Waals surface area contributed by atoms with E-state index < -0.39 is 6.48 Å². The van der Waals surface area contributed by atoms with Gasteiger partial charge in [-0.25, -0.2) is 0 Å². The van der Waals surface area contributed by atoms with Crippen LogP contribution in [0.1, 0.15) is 25.3 Å². The Balaban J connectivity index is 2.04. The number of carbonyl (C=O) groups excluding carboxylic acids is 1. The summed E-state index contributed by atoms with van der Waals surface area (Å²) in [5.41, 5.74) is 2.92. The Kier molecular flexibility index (Phi) is 7.55. The van der Waals surface area contributed by atoms with Gasteiger partial charge in [-0.1, -0.05) is 0 Å². The second kappa shape index (κ2) is 10.4. The molecule has 0 aliphatic heterocycles. The number of amides is 1. The molecule has 0 bridgehead atoms. The van der Waals surface area contributed by atoms with Crippen LogP contribution in [0.3, 0.4) is 0 Å². The average Bonchev–Trinajstić information content (AvgIpc) is 2.89. The first-order valence-corrected chi connectivity index (χ1v) is 15.4. The second-order valence-electron chi connectivity index (χ2n) is 9.52. The Morgan fingerprint density at radius 3 is 1.71 bits per heavy atom. The Bertz CT molecular complexity index is 1220. The molecule has 0 atom stereocenters. The summed E-state index contributed by atoms with van der Waals surface area (Å²) in [6.07, 6.45) is 2.05. The third-order valence-electron chi connectivity index (χ3n) is 7.07. The summed E-state index contributed by atoms with van der Waals surface area (Å²) < 4.78 is 0. The number of nitrogens with one attached hydrogen (secondary N) is 1. The zero-order valence-corrected chi connectivity index (χ0v) is 22.3. The van der Waals surface area contributed by atoms with Crippen LogP contribution in [0.25, 0.3) is 0 Å². The van der Waals surface area contributed by atoms with E-state index in [1.807, 2.05) is 20.8 Å². The molecule has 0 heterocycles. The number of benzene rings is 4. The molecule has 4 aromatic rings. The minimum absolute atomic E-state index is 0.0178. The van der Waals surface area contributed by atoms with E-state index in [-0.39, 0.29) is 5.91 Å². The van der Waals surface area contributed by atoms with Gasteiger partial charge in [0.05, 0.1) is 0 Å². The molecule has 1 amide bonds. The molecule has 0 saturated carbocycles. The average molecular weight is 498 g/mol. The molecule has 0 aromatic heterocycles. The van der Waals surface area contributed by atoms with Gasteiger partial charge >= 0.3 is 216 Å². The number of halogens is 1. The Labute approximate surface area is 215 Å². The molecule has 6 heteroatoms. The summed E-state index contributed by atoms with van der Waals surface area (Å²) in [5.74, 6) is 0.0178. The van der Waals surface area contributed by atoms with E-state index in [2.05, 4.69) is 110 Å². The molecule has 0 radical (unpaired) electrons. The summed E-state index contributed by atoms with van der Waals surface area (Å²) in [4.78, 5) is 12.7. The van der Waals surface area contributed by atoms with E-state index in [9.17, 15) is 4.79 Å². The summed E-state index contributed by atoms with van der Waals surface area (Å²) >= 11 is 6.56. The van der Waals surface area contributed by atoms with Crippen LogP contribution in [0.5, 0.6) is 0 Å². The van der Waals surface area contributed by atoms with Crippen molar-refractivity contribution in [3.05, 3.63) is 114 Å². The fourth-order valence-electron chi connectivity index (χ4n) is 5.07. The van der Waals surface area contributed by atoms with Crippen LogP contribution in [0.15, 0.2) is 103 Å². The fraction of sp³-hybridized carbons (Fsp3) is 0.138. The standard InChI is InChI=1S/C29H31B2ClNOP/c1-2-12-29(34)33-28-20-27(32)26(30)19-22(28)21-35(31,23-13-6-3-7-14-23,24-15-8-4-9-16-24)25-17-10-5-11-18-25/h3-11,13-20H,2,12,21,30-31H2,1H3,(H,33,34). The van der Waals surface area contributed by atoms with Gasteiger partial charge < -0.3 is 0 Å². The van der Waals surface area contributed by atoms with E-state index in [1.54, 1.807) is 0 Å². The Hall–Kier alpha value is -2.80. The quantitative estimate of drug-likeness (QED) is 0.290. The van der Waals surface area contributed by atoms with Crippen molar-refractivity contribution in [1.29, 1.82) is 0 Å². The van der Waals surface area contributed by atoms with Crippen molar-refractivity contribution >= 4 is 66.5 Å². The van der Waals surface area contributed by atoms with Gasteiger partial charge in [-0.15, -0.1) is 0 Å². The van der Waals surface area contributed by atoms with E-state index in [1.165, 1.54) is 15.9 Å².